The highest BCUT2D eigenvalue weighted by Gasteiger charge is 2.26. The van der Waals surface area contributed by atoms with Gasteiger partial charge < -0.3 is 14.8 Å². The molecule has 9 nitrogen and oxygen atoms in total. The van der Waals surface area contributed by atoms with Crippen molar-refractivity contribution >= 4 is 12.1 Å². The number of fused-ring (bicyclic) bond motifs is 1. The van der Waals surface area contributed by atoms with Crippen LogP contribution in [0, 0.1) is 0 Å². The molecule has 9 heteroatoms. The zero-order valence-electron chi connectivity index (χ0n) is 19.3. The predicted molar refractivity (Wildman–Crippen MR) is 121 cm³/mol. The molecule has 1 aliphatic rings. The normalized spacial score (nSPS) is 17.1. The van der Waals surface area contributed by atoms with Crippen molar-refractivity contribution in [2.24, 2.45) is 0 Å². The minimum absolute atomic E-state index is 0.0952. The Labute approximate surface area is 192 Å². The van der Waals surface area contributed by atoms with E-state index >= 15 is 0 Å². The first-order valence-corrected chi connectivity index (χ1v) is 11.2. The van der Waals surface area contributed by atoms with E-state index in [9.17, 15) is 14.4 Å². The third-order valence-electron chi connectivity index (χ3n) is 5.12. The lowest BCUT2D eigenvalue weighted by Crippen LogP contribution is -2.44. The van der Waals surface area contributed by atoms with E-state index in [0.29, 0.717) is 12.2 Å². The second-order valence-corrected chi connectivity index (χ2v) is 9.00. The summed E-state index contributed by atoms with van der Waals surface area (Å²) in [6, 6.07) is 8.13. The van der Waals surface area contributed by atoms with Crippen LogP contribution in [0.3, 0.4) is 0 Å². The molecule has 0 fully saturated rings. The number of nitrogens with one attached hydrogen (secondary N) is 1. The molecule has 178 valence electrons. The van der Waals surface area contributed by atoms with Crippen LogP contribution in [-0.2, 0) is 27.3 Å². The van der Waals surface area contributed by atoms with Crippen molar-refractivity contribution in [3.63, 3.8) is 0 Å². The molecule has 2 unspecified atom stereocenters. The fourth-order valence-corrected chi connectivity index (χ4v) is 3.59. The quantitative estimate of drug-likeness (QED) is 0.498. The van der Waals surface area contributed by atoms with Crippen molar-refractivity contribution in [3.05, 3.63) is 64.4 Å². The first-order chi connectivity index (χ1) is 15.7. The maximum Gasteiger partial charge on any atom is 0.442 e. The molecule has 2 aromatic rings. The monoisotopic (exact) mass is 457 g/mol. The zero-order chi connectivity index (χ0) is 23.8. The first-order valence-electron chi connectivity index (χ1n) is 11.2. The fourth-order valence-electron chi connectivity index (χ4n) is 3.59. The van der Waals surface area contributed by atoms with Gasteiger partial charge >= 0.3 is 17.8 Å². The number of hydrogen-bond acceptors (Lipinski definition) is 7. The summed E-state index contributed by atoms with van der Waals surface area (Å²) in [5, 5.41) is 6.46. The third-order valence-corrected chi connectivity index (χ3v) is 5.12. The van der Waals surface area contributed by atoms with Gasteiger partial charge in [-0.15, -0.1) is 0 Å². The summed E-state index contributed by atoms with van der Waals surface area (Å²) < 4.78 is 17.1. The molecular formula is C24H31N3O6. The molecule has 0 bridgehead atoms. The summed E-state index contributed by atoms with van der Waals surface area (Å²) >= 11 is 0. The first kappa shape index (κ1) is 24.3. The standard InChI is InChI=1S/C24H31N3O6/c1-24(2,3)32-22(29)25-19(21(28)31-16-17-10-5-4-6-11-17)14-9-13-18-12-7-8-15-20-26-33-23(30)27(18)20/h4-6,9-11,13,18-19H,7-8,12,14-16H2,1-3H3,(H,25,29)/b13-9-. The van der Waals surface area contributed by atoms with Crippen LogP contribution in [0.2, 0.25) is 0 Å². The topological polar surface area (TPSA) is 113 Å². The van der Waals surface area contributed by atoms with E-state index in [-0.39, 0.29) is 19.1 Å². The number of nitrogens with zero attached hydrogens (tertiary/aromatic N) is 2. The largest absolute Gasteiger partial charge is 0.459 e. The van der Waals surface area contributed by atoms with E-state index in [2.05, 4.69) is 10.5 Å². The van der Waals surface area contributed by atoms with Crippen LogP contribution in [0.1, 0.15) is 63.9 Å². The molecule has 33 heavy (non-hydrogen) atoms. The van der Waals surface area contributed by atoms with Gasteiger partial charge in [0.25, 0.3) is 0 Å². The SMILES string of the molecule is CC(C)(C)OC(=O)NC(C/C=C\C1CCCCc2noc(=O)n21)C(=O)OCc1ccccc1. The van der Waals surface area contributed by atoms with Gasteiger partial charge in [0, 0.05) is 6.42 Å². The van der Waals surface area contributed by atoms with Gasteiger partial charge in [0.05, 0.1) is 6.04 Å². The van der Waals surface area contributed by atoms with Crippen LogP contribution in [0.5, 0.6) is 0 Å². The van der Waals surface area contributed by atoms with E-state index in [1.807, 2.05) is 36.4 Å². The highest BCUT2D eigenvalue weighted by molar-refractivity contribution is 5.81. The van der Waals surface area contributed by atoms with Crippen LogP contribution in [0.15, 0.2) is 51.8 Å². The van der Waals surface area contributed by atoms with E-state index in [1.54, 1.807) is 31.4 Å². The average Bonchev–Trinajstić information content (AvgIpc) is 2.99. The van der Waals surface area contributed by atoms with E-state index in [0.717, 1.165) is 24.8 Å². The Balaban J connectivity index is 1.69. The van der Waals surface area contributed by atoms with Gasteiger partial charge in [-0.05, 0) is 45.6 Å². The highest BCUT2D eigenvalue weighted by atomic mass is 16.6. The molecule has 3 rings (SSSR count). The molecule has 1 N–H and O–H groups in total. The molecular weight excluding hydrogens is 426 g/mol. The zero-order valence-corrected chi connectivity index (χ0v) is 19.3. The fraction of sp³-hybridized carbons (Fsp3) is 0.500. The number of rotatable bonds is 7. The van der Waals surface area contributed by atoms with Gasteiger partial charge in [0.2, 0.25) is 0 Å². The third kappa shape index (κ3) is 7.34. The summed E-state index contributed by atoms with van der Waals surface area (Å²) in [6.07, 6.45) is 6.40. The Morgan fingerprint density at radius 3 is 2.76 bits per heavy atom. The summed E-state index contributed by atoms with van der Waals surface area (Å²) in [7, 11) is 0. The lowest BCUT2D eigenvalue weighted by molar-refractivity contribution is -0.147. The average molecular weight is 458 g/mol. The van der Waals surface area contributed by atoms with Crippen LogP contribution in [0.25, 0.3) is 0 Å². The number of ether oxygens (including phenoxy) is 2. The van der Waals surface area contributed by atoms with Gasteiger partial charge in [-0.25, -0.2) is 14.4 Å². The summed E-state index contributed by atoms with van der Waals surface area (Å²) in [6.45, 7) is 5.33. The Morgan fingerprint density at radius 2 is 2.03 bits per heavy atom. The second kappa shape index (κ2) is 11.0. The second-order valence-electron chi connectivity index (χ2n) is 9.00. The molecule has 0 radical (unpaired) electrons. The van der Waals surface area contributed by atoms with Crippen LogP contribution >= 0.6 is 0 Å². The summed E-state index contributed by atoms with van der Waals surface area (Å²) in [4.78, 5) is 37.1. The number of aromatic nitrogens is 2. The van der Waals surface area contributed by atoms with Crippen molar-refractivity contribution in [2.75, 3.05) is 0 Å². The number of alkyl carbamates (subject to hydrolysis) is 1. The van der Waals surface area contributed by atoms with E-state index < -0.39 is 29.5 Å². The number of carbonyl (C=O) groups excluding carboxylic acids is 2. The molecule has 1 aromatic heterocycles. The maximum atomic E-state index is 12.8. The number of esters is 1. The van der Waals surface area contributed by atoms with Crippen LogP contribution in [-0.4, -0.2) is 33.4 Å². The van der Waals surface area contributed by atoms with Crippen molar-refractivity contribution < 1.29 is 23.6 Å². The molecule has 1 aliphatic heterocycles. The summed E-state index contributed by atoms with van der Waals surface area (Å²) in [5.74, 6) is -0.442. The Kier molecular flexibility index (Phi) is 8.08. The van der Waals surface area contributed by atoms with Crippen molar-refractivity contribution in [1.82, 2.24) is 15.0 Å². The number of amides is 1. The number of hydrogen-bond donors (Lipinski definition) is 1. The number of allylic oxidation sites excluding steroid dienone is 1. The molecule has 1 amide bonds. The minimum atomic E-state index is -0.941. The number of carbonyl (C=O) groups is 2. The molecule has 2 atom stereocenters. The molecule has 0 spiro atoms. The molecule has 0 saturated heterocycles. The maximum absolute atomic E-state index is 12.8. The summed E-state index contributed by atoms with van der Waals surface area (Å²) in [5.41, 5.74) is 0.139. The molecule has 0 saturated carbocycles. The number of benzene rings is 1. The Bertz CT molecular complexity index is 1020. The molecule has 1 aromatic carbocycles. The van der Waals surface area contributed by atoms with Gasteiger partial charge in [0.15, 0.2) is 5.82 Å². The smallest absolute Gasteiger partial charge is 0.442 e. The van der Waals surface area contributed by atoms with Crippen LogP contribution in [0.4, 0.5) is 4.79 Å². The molecule has 2 heterocycles. The number of aryl methyl sites for hydroxylation is 1. The Morgan fingerprint density at radius 1 is 1.27 bits per heavy atom. The van der Waals surface area contributed by atoms with E-state index in [1.165, 1.54) is 0 Å². The lowest BCUT2D eigenvalue weighted by Gasteiger charge is -2.22. The Hall–Kier alpha value is -3.36. The van der Waals surface area contributed by atoms with Gasteiger partial charge in [-0.1, -0.05) is 54.1 Å². The van der Waals surface area contributed by atoms with Crippen molar-refractivity contribution in [2.45, 2.75) is 77.2 Å². The van der Waals surface area contributed by atoms with Gasteiger partial charge in [-0.3, -0.25) is 9.09 Å². The van der Waals surface area contributed by atoms with Crippen molar-refractivity contribution in [3.8, 4) is 0 Å². The van der Waals surface area contributed by atoms with Gasteiger partial charge in [-0.2, -0.15) is 0 Å². The minimum Gasteiger partial charge on any atom is -0.459 e. The van der Waals surface area contributed by atoms with Gasteiger partial charge in [0.1, 0.15) is 18.2 Å². The van der Waals surface area contributed by atoms with Crippen LogP contribution < -0.4 is 11.1 Å². The predicted octanol–water partition coefficient (Wildman–Crippen LogP) is 3.69. The van der Waals surface area contributed by atoms with Crippen molar-refractivity contribution in [1.29, 1.82) is 0 Å². The highest BCUT2D eigenvalue weighted by Crippen LogP contribution is 2.22. The lowest BCUT2D eigenvalue weighted by atomic mass is 10.1. The molecule has 0 aliphatic carbocycles. The van der Waals surface area contributed by atoms with E-state index in [4.69, 9.17) is 14.0 Å².